The zero-order valence-electron chi connectivity index (χ0n) is 11.6. The Morgan fingerprint density at radius 3 is 2.95 bits per heavy atom. The smallest absolute Gasteiger partial charge is 0.246 e. The van der Waals surface area contributed by atoms with Crippen molar-refractivity contribution in [2.75, 3.05) is 0 Å². The number of allylic oxidation sites excluding steroid dienone is 3. The molecule has 0 spiro atoms. The van der Waals surface area contributed by atoms with Crippen LogP contribution in [0, 0.1) is 11.3 Å². The van der Waals surface area contributed by atoms with Crippen molar-refractivity contribution >= 4 is 22.5 Å². The number of nitrogens with one attached hydrogen (secondary N) is 1. The second-order valence-corrected chi connectivity index (χ2v) is 4.16. The molecule has 0 radical (unpaired) electrons. The molecule has 1 aromatic carbocycles. The minimum atomic E-state index is -0.625. The Labute approximate surface area is 126 Å². The van der Waals surface area contributed by atoms with Gasteiger partial charge in [-0.2, -0.15) is 10.4 Å². The van der Waals surface area contributed by atoms with E-state index < -0.39 is 5.78 Å². The molecule has 2 aromatic rings. The predicted molar refractivity (Wildman–Crippen MR) is 83.0 cm³/mol. The third kappa shape index (κ3) is 3.16. The fourth-order valence-corrected chi connectivity index (χ4v) is 1.64. The van der Waals surface area contributed by atoms with E-state index in [1.54, 1.807) is 48.6 Å². The molecule has 0 unspecified atom stereocenters. The van der Waals surface area contributed by atoms with Gasteiger partial charge in [0.1, 0.15) is 6.07 Å². The first-order chi connectivity index (χ1) is 10.7. The number of carbonyl (C=O) groups excluding carboxylic acids is 1. The van der Waals surface area contributed by atoms with Crippen LogP contribution in [0.3, 0.4) is 0 Å². The first-order valence-electron chi connectivity index (χ1n) is 6.28. The molecule has 0 bridgehead atoms. The molecule has 1 heterocycles. The van der Waals surface area contributed by atoms with Gasteiger partial charge in [0, 0.05) is 5.70 Å². The van der Waals surface area contributed by atoms with Gasteiger partial charge in [-0.15, -0.1) is 0 Å². The van der Waals surface area contributed by atoms with Crippen molar-refractivity contribution in [2.24, 2.45) is 5.10 Å². The number of nitrogens with zero attached hydrogens (tertiary/aromatic N) is 3. The van der Waals surface area contributed by atoms with Gasteiger partial charge in [-0.25, -0.2) is 0 Å². The molecule has 0 atom stereocenters. The zero-order chi connectivity index (χ0) is 15.9. The molecule has 108 valence electrons. The molecule has 0 aliphatic rings. The van der Waals surface area contributed by atoms with E-state index in [0.29, 0.717) is 16.7 Å². The Hall–Kier alpha value is -3.46. The number of Topliss-reactive ketones (excluding diaryl/α,β-unsaturated/α-hetero) is 1. The van der Waals surface area contributed by atoms with E-state index in [1.807, 2.05) is 0 Å². The SMILES string of the molecule is C=C/C=C\C(=C)N/N=C(\C#N)C(=O)c1noc2ccccc12. The molecular weight excluding hydrogens is 280 g/mol. The molecule has 0 saturated carbocycles. The second-order valence-electron chi connectivity index (χ2n) is 4.16. The zero-order valence-corrected chi connectivity index (χ0v) is 11.6. The standard InChI is InChI=1S/C16H12N4O2/c1-3-4-7-11(2)18-19-13(10-17)16(21)15-12-8-5-6-9-14(12)22-20-15/h3-9,18H,1-2H2/b7-4-,19-13+. The number of benzene rings is 1. The van der Waals surface area contributed by atoms with E-state index in [-0.39, 0.29) is 11.4 Å². The summed E-state index contributed by atoms with van der Waals surface area (Å²) in [6.07, 6.45) is 4.81. The van der Waals surface area contributed by atoms with E-state index in [0.717, 1.165) is 0 Å². The maximum atomic E-state index is 12.3. The van der Waals surface area contributed by atoms with E-state index in [4.69, 9.17) is 9.78 Å². The Kier molecular flexibility index (Phi) is 4.63. The summed E-state index contributed by atoms with van der Waals surface area (Å²) in [5.74, 6) is -0.625. The summed E-state index contributed by atoms with van der Waals surface area (Å²) in [6, 6.07) is 8.62. The molecule has 2 rings (SSSR count). The Balaban J connectivity index is 2.26. The maximum Gasteiger partial charge on any atom is 0.246 e. The van der Waals surface area contributed by atoms with Crippen LogP contribution < -0.4 is 5.43 Å². The molecular formula is C16H12N4O2. The van der Waals surface area contributed by atoms with Crippen LogP contribution in [0.1, 0.15) is 10.5 Å². The van der Waals surface area contributed by atoms with Gasteiger partial charge in [-0.05, 0) is 18.2 Å². The van der Waals surface area contributed by atoms with Crippen LogP contribution in [-0.4, -0.2) is 16.7 Å². The number of hydrogen-bond donors (Lipinski definition) is 1. The lowest BCUT2D eigenvalue weighted by molar-refractivity contribution is 0.106. The quantitative estimate of drug-likeness (QED) is 0.382. The van der Waals surface area contributed by atoms with Gasteiger partial charge in [-0.1, -0.05) is 42.6 Å². The molecule has 6 heteroatoms. The van der Waals surface area contributed by atoms with Gasteiger partial charge in [-0.3, -0.25) is 10.2 Å². The average Bonchev–Trinajstić information content (AvgIpc) is 2.97. The van der Waals surface area contributed by atoms with Crippen molar-refractivity contribution in [3.8, 4) is 6.07 Å². The third-order valence-corrected chi connectivity index (χ3v) is 2.66. The number of hydrazone groups is 1. The van der Waals surface area contributed by atoms with Crippen molar-refractivity contribution in [2.45, 2.75) is 0 Å². The Morgan fingerprint density at radius 1 is 1.45 bits per heavy atom. The largest absolute Gasteiger partial charge is 0.356 e. The molecule has 0 aliphatic heterocycles. The van der Waals surface area contributed by atoms with Gasteiger partial charge in [0.25, 0.3) is 0 Å². The minimum absolute atomic E-state index is 0.0462. The van der Waals surface area contributed by atoms with Gasteiger partial charge >= 0.3 is 0 Å². The van der Waals surface area contributed by atoms with Crippen LogP contribution in [0.5, 0.6) is 0 Å². The van der Waals surface area contributed by atoms with E-state index in [1.165, 1.54) is 0 Å². The summed E-state index contributed by atoms with van der Waals surface area (Å²) in [4.78, 5) is 12.3. The van der Waals surface area contributed by atoms with Crippen molar-refractivity contribution in [1.29, 1.82) is 5.26 Å². The van der Waals surface area contributed by atoms with Crippen molar-refractivity contribution in [3.63, 3.8) is 0 Å². The van der Waals surface area contributed by atoms with Crippen LogP contribution >= 0.6 is 0 Å². The maximum absolute atomic E-state index is 12.3. The summed E-state index contributed by atoms with van der Waals surface area (Å²) >= 11 is 0. The number of ketones is 1. The van der Waals surface area contributed by atoms with Crippen LogP contribution in [0.15, 0.2) is 71.0 Å². The summed E-state index contributed by atoms with van der Waals surface area (Å²) < 4.78 is 5.05. The van der Waals surface area contributed by atoms with Crippen LogP contribution in [-0.2, 0) is 0 Å². The number of rotatable bonds is 6. The van der Waals surface area contributed by atoms with Gasteiger partial charge in [0.15, 0.2) is 11.3 Å². The normalized spacial score (nSPS) is 11.3. The number of nitriles is 1. The minimum Gasteiger partial charge on any atom is -0.356 e. The van der Waals surface area contributed by atoms with Gasteiger partial charge in [0.05, 0.1) is 5.39 Å². The van der Waals surface area contributed by atoms with Crippen molar-refractivity contribution < 1.29 is 9.32 Å². The van der Waals surface area contributed by atoms with E-state index in [9.17, 15) is 4.79 Å². The highest BCUT2D eigenvalue weighted by Gasteiger charge is 2.21. The highest BCUT2D eigenvalue weighted by molar-refractivity contribution is 6.52. The summed E-state index contributed by atoms with van der Waals surface area (Å²) in [5.41, 5.74) is 3.10. The average molecular weight is 292 g/mol. The lowest BCUT2D eigenvalue weighted by atomic mass is 10.1. The predicted octanol–water partition coefficient (Wildman–Crippen LogP) is 2.74. The molecule has 1 N–H and O–H groups in total. The van der Waals surface area contributed by atoms with Gasteiger partial charge < -0.3 is 4.52 Å². The van der Waals surface area contributed by atoms with Crippen molar-refractivity contribution in [3.05, 3.63) is 67.0 Å². The number of hydrogen-bond acceptors (Lipinski definition) is 6. The molecule has 22 heavy (non-hydrogen) atoms. The summed E-state index contributed by atoms with van der Waals surface area (Å²) in [6.45, 7) is 7.18. The van der Waals surface area contributed by atoms with Gasteiger partial charge in [0.2, 0.25) is 11.5 Å². The first kappa shape index (κ1) is 14.9. The molecule has 1 aromatic heterocycles. The van der Waals surface area contributed by atoms with Crippen LogP contribution in [0.4, 0.5) is 0 Å². The molecule has 0 amide bonds. The molecule has 0 fully saturated rings. The number of fused-ring (bicyclic) bond motifs is 1. The van der Waals surface area contributed by atoms with Crippen LogP contribution in [0.25, 0.3) is 11.0 Å². The lowest BCUT2D eigenvalue weighted by Gasteiger charge is -1.99. The fraction of sp³-hybridized carbons (Fsp3) is 0. The first-order valence-corrected chi connectivity index (χ1v) is 6.28. The van der Waals surface area contributed by atoms with E-state index in [2.05, 4.69) is 28.8 Å². The topological polar surface area (TPSA) is 91.3 Å². The monoisotopic (exact) mass is 292 g/mol. The summed E-state index contributed by atoms with van der Waals surface area (Å²) in [7, 11) is 0. The van der Waals surface area contributed by atoms with Crippen LogP contribution in [0.2, 0.25) is 0 Å². The Bertz CT molecular complexity index is 837. The lowest BCUT2D eigenvalue weighted by Crippen LogP contribution is -2.17. The molecule has 0 aliphatic carbocycles. The Morgan fingerprint density at radius 2 is 2.23 bits per heavy atom. The highest BCUT2D eigenvalue weighted by atomic mass is 16.5. The highest BCUT2D eigenvalue weighted by Crippen LogP contribution is 2.18. The number of aromatic nitrogens is 1. The number of carbonyl (C=O) groups is 1. The van der Waals surface area contributed by atoms with E-state index >= 15 is 0 Å². The summed E-state index contributed by atoms with van der Waals surface area (Å²) in [5, 5.41) is 17.1. The second kappa shape index (κ2) is 6.81. The molecule has 0 saturated heterocycles. The molecule has 6 nitrogen and oxygen atoms in total. The number of para-hydroxylation sites is 1. The van der Waals surface area contributed by atoms with Crippen molar-refractivity contribution in [1.82, 2.24) is 10.6 Å². The third-order valence-electron chi connectivity index (χ3n) is 2.66. The fourth-order valence-electron chi connectivity index (χ4n) is 1.64.